The van der Waals surface area contributed by atoms with Gasteiger partial charge in [0.05, 0.1) is 18.7 Å². The van der Waals surface area contributed by atoms with Gasteiger partial charge in [0.2, 0.25) is 0 Å². The zero-order valence-electron chi connectivity index (χ0n) is 12.4. The Morgan fingerprint density at radius 2 is 2.00 bits per heavy atom. The highest BCUT2D eigenvalue weighted by Gasteiger charge is 2.30. The van der Waals surface area contributed by atoms with Crippen LogP contribution < -0.4 is 5.32 Å². The molecular weight excluding hydrogens is 314 g/mol. The number of fused-ring (bicyclic) bond motifs is 1. The average molecular weight is 327 g/mol. The Hall–Kier alpha value is -3.26. The molecule has 1 aromatic carbocycles. The van der Waals surface area contributed by atoms with Crippen LogP contribution in [0.5, 0.6) is 0 Å². The minimum atomic E-state index is -1.07. The molecule has 122 valence electrons. The van der Waals surface area contributed by atoms with Crippen LogP contribution in [0.3, 0.4) is 0 Å². The number of pyridine rings is 1. The smallest absolute Gasteiger partial charge is 0.336 e. The van der Waals surface area contributed by atoms with Gasteiger partial charge in [0, 0.05) is 34.9 Å². The molecule has 0 radical (unpaired) electrons. The third-order valence-corrected chi connectivity index (χ3v) is 3.65. The van der Waals surface area contributed by atoms with Gasteiger partial charge in [-0.15, -0.1) is 0 Å². The third kappa shape index (κ3) is 2.59. The number of hydrogen-bond acceptors (Lipinski definition) is 6. The van der Waals surface area contributed by atoms with Crippen molar-refractivity contribution < 1.29 is 24.6 Å². The highest BCUT2D eigenvalue weighted by Crippen LogP contribution is 2.28. The summed E-state index contributed by atoms with van der Waals surface area (Å²) in [6, 6.07) is 4.50. The summed E-state index contributed by atoms with van der Waals surface area (Å²) in [7, 11) is 0. The maximum atomic E-state index is 12.2. The molecule has 0 spiro atoms. The minimum absolute atomic E-state index is 0.0571. The summed E-state index contributed by atoms with van der Waals surface area (Å²) >= 11 is 0. The van der Waals surface area contributed by atoms with E-state index < -0.39 is 17.8 Å². The van der Waals surface area contributed by atoms with Gasteiger partial charge >= 0.3 is 5.97 Å². The maximum absolute atomic E-state index is 12.2. The summed E-state index contributed by atoms with van der Waals surface area (Å²) in [5.41, 5.74) is 0.630. The third-order valence-electron chi connectivity index (χ3n) is 3.65. The van der Waals surface area contributed by atoms with Gasteiger partial charge < -0.3 is 15.5 Å². The number of carboxylic acid groups (broad SMARTS) is 1. The number of aliphatic hydroxyl groups excluding tert-OH is 1. The van der Waals surface area contributed by atoms with Crippen LogP contribution in [0.15, 0.2) is 42.4 Å². The van der Waals surface area contributed by atoms with Gasteiger partial charge in [0.1, 0.15) is 5.70 Å². The lowest BCUT2D eigenvalue weighted by Gasteiger charge is -2.14. The highest BCUT2D eigenvalue weighted by molar-refractivity contribution is 6.18. The molecule has 2 aromatic rings. The Kier molecular flexibility index (Phi) is 3.97. The number of carbonyl (C=O) groups excluding carboxylic acids is 2. The molecule has 2 heterocycles. The number of nitrogens with zero attached hydrogens (tertiary/aromatic N) is 2. The van der Waals surface area contributed by atoms with E-state index >= 15 is 0 Å². The molecular formula is C16H13N3O5. The van der Waals surface area contributed by atoms with Crippen LogP contribution in [0.25, 0.3) is 10.8 Å². The molecule has 0 saturated carbocycles. The van der Waals surface area contributed by atoms with Gasteiger partial charge in [-0.2, -0.15) is 0 Å². The second-order valence-corrected chi connectivity index (χ2v) is 5.09. The van der Waals surface area contributed by atoms with Crippen LogP contribution in [0, 0.1) is 0 Å². The monoisotopic (exact) mass is 327 g/mol. The lowest BCUT2D eigenvalue weighted by molar-refractivity contribution is -0.137. The first-order valence-corrected chi connectivity index (χ1v) is 7.08. The highest BCUT2D eigenvalue weighted by atomic mass is 16.4. The fourth-order valence-electron chi connectivity index (χ4n) is 2.54. The van der Waals surface area contributed by atoms with Gasteiger partial charge in [-0.3, -0.25) is 19.5 Å². The molecule has 1 aromatic heterocycles. The Morgan fingerprint density at radius 1 is 1.21 bits per heavy atom. The largest absolute Gasteiger partial charge is 0.478 e. The number of hydrogen-bond donors (Lipinski definition) is 3. The van der Waals surface area contributed by atoms with E-state index in [9.17, 15) is 19.5 Å². The van der Waals surface area contributed by atoms with Gasteiger partial charge in [-0.25, -0.2) is 4.79 Å². The number of aromatic nitrogens is 1. The van der Waals surface area contributed by atoms with E-state index in [1.54, 1.807) is 6.07 Å². The molecule has 0 unspecified atom stereocenters. The first-order chi connectivity index (χ1) is 11.5. The topological polar surface area (TPSA) is 120 Å². The van der Waals surface area contributed by atoms with Crippen LogP contribution in [-0.2, 0) is 9.59 Å². The van der Waals surface area contributed by atoms with E-state index in [1.807, 2.05) is 0 Å². The molecule has 1 aliphatic heterocycles. The summed E-state index contributed by atoms with van der Waals surface area (Å²) in [5.74, 6) is -2.13. The standard InChI is InChI=1S/C16H13N3O5/c20-6-5-19-14(21)7-13(15(19)22)18-12-2-1-10(16(23)24)9-3-4-17-8-11(9)12/h1-4,7-8,18,20H,5-6H2,(H,23,24). The Bertz CT molecular complexity index is 890. The van der Waals surface area contributed by atoms with Gasteiger partial charge in [0.15, 0.2) is 0 Å². The van der Waals surface area contributed by atoms with E-state index in [0.717, 1.165) is 11.0 Å². The lowest BCUT2D eigenvalue weighted by atomic mass is 10.0. The fraction of sp³-hybridized carbons (Fsp3) is 0.125. The molecule has 0 fully saturated rings. The number of β-amino-alcohol motifs (C(OH)–C–C–N with tert-alkyl or cyclic N) is 1. The second kappa shape index (κ2) is 6.09. The lowest BCUT2D eigenvalue weighted by Crippen LogP contribution is -2.34. The molecule has 0 bridgehead atoms. The second-order valence-electron chi connectivity index (χ2n) is 5.09. The molecule has 3 N–H and O–H groups in total. The van der Waals surface area contributed by atoms with Gasteiger partial charge in [-0.1, -0.05) is 0 Å². The van der Waals surface area contributed by atoms with Crippen molar-refractivity contribution in [3.8, 4) is 0 Å². The normalized spacial score (nSPS) is 14.2. The number of nitrogens with one attached hydrogen (secondary N) is 1. The summed E-state index contributed by atoms with van der Waals surface area (Å²) < 4.78 is 0. The van der Waals surface area contributed by atoms with Crippen LogP contribution in [0.1, 0.15) is 10.4 Å². The Morgan fingerprint density at radius 3 is 2.71 bits per heavy atom. The first kappa shape index (κ1) is 15.6. The molecule has 24 heavy (non-hydrogen) atoms. The predicted molar refractivity (Wildman–Crippen MR) is 84.2 cm³/mol. The molecule has 0 aliphatic carbocycles. The summed E-state index contributed by atoms with van der Waals surface area (Å²) in [5, 5.41) is 22.0. The number of imide groups is 1. The van der Waals surface area contributed by atoms with Crippen molar-refractivity contribution in [3.05, 3.63) is 47.9 Å². The van der Waals surface area contributed by atoms with E-state index in [1.165, 1.54) is 24.5 Å². The Labute approximate surface area is 136 Å². The van der Waals surface area contributed by atoms with Crippen molar-refractivity contribution in [2.45, 2.75) is 0 Å². The molecule has 3 rings (SSSR count). The Balaban J connectivity index is 1.99. The quantitative estimate of drug-likeness (QED) is 0.687. The zero-order chi connectivity index (χ0) is 17.3. The number of anilines is 1. The molecule has 1 aliphatic rings. The van der Waals surface area contributed by atoms with Crippen LogP contribution in [0.2, 0.25) is 0 Å². The van der Waals surface area contributed by atoms with Crippen LogP contribution in [-0.4, -0.2) is 51.0 Å². The summed E-state index contributed by atoms with van der Waals surface area (Å²) in [6.07, 6.45) is 4.10. The van der Waals surface area contributed by atoms with Crippen LogP contribution >= 0.6 is 0 Å². The van der Waals surface area contributed by atoms with E-state index in [4.69, 9.17) is 5.11 Å². The van der Waals surface area contributed by atoms with E-state index in [0.29, 0.717) is 16.5 Å². The van der Waals surface area contributed by atoms with Crippen molar-refractivity contribution in [1.82, 2.24) is 9.88 Å². The number of rotatable bonds is 5. The van der Waals surface area contributed by atoms with Gasteiger partial charge in [-0.05, 0) is 18.2 Å². The van der Waals surface area contributed by atoms with Crippen LogP contribution in [0.4, 0.5) is 5.69 Å². The number of amides is 2. The first-order valence-electron chi connectivity index (χ1n) is 7.08. The average Bonchev–Trinajstić information content (AvgIpc) is 2.83. The predicted octanol–water partition coefficient (Wildman–Crippen LogP) is 0.590. The molecule has 8 heteroatoms. The van der Waals surface area contributed by atoms with E-state index in [-0.39, 0.29) is 24.4 Å². The van der Waals surface area contributed by atoms with Crippen molar-refractivity contribution >= 4 is 34.2 Å². The van der Waals surface area contributed by atoms with Crippen molar-refractivity contribution in [3.63, 3.8) is 0 Å². The summed E-state index contributed by atoms with van der Waals surface area (Å²) in [4.78, 5) is 40.1. The zero-order valence-corrected chi connectivity index (χ0v) is 12.4. The van der Waals surface area contributed by atoms with Gasteiger partial charge in [0.25, 0.3) is 11.8 Å². The molecule has 0 saturated heterocycles. The molecule has 2 amide bonds. The molecule has 0 atom stereocenters. The minimum Gasteiger partial charge on any atom is -0.478 e. The summed E-state index contributed by atoms with van der Waals surface area (Å²) in [6.45, 7) is -0.404. The number of aromatic carboxylic acids is 1. The molecule has 8 nitrogen and oxygen atoms in total. The number of benzene rings is 1. The number of carboxylic acids is 1. The van der Waals surface area contributed by atoms with E-state index in [2.05, 4.69) is 10.3 Å². The van der Waals surface area contributed by atoms with Crippen molar-refractivity contribution in [1.29, 1.82) is 0 Å². The number of aliphatic hydroxyl groups is 1. The SMILES string of the molecule is O=C(O)c1ccc(NC2=CC(=O)N(CCO)C2=O)c2cnccc12. The number of carbonyl (C=O) groups is 3. The van der Waals surface area contributed by atoms with Crippen molar-refractivity contribution in [2.24, 2.45) is 0 Å². The van der Waals surface area contributed by atoms with Crippen molar-refractivity contribution in [2.75, 3.05) is 18.5 Å². The maximum Gasteiger partial charge on any atom is 0.336 e. The fourth-order valence-corrected chi connectivity index (χ4v) is 2.54.